The van der Waals surface area contributed by atoms with Crippen molar-refractivity contribution in [1.82, 2.24) is 9.29 Å². The Morgan fingerprint density at radius 3 is 2.53 bits per heavy atom. The van der Waals surface area contributed by atoms with Gasteiger partial charge in [0.15, 0.2) is 4.75 Å². The summed E-state index contributed by atoms with van der Waals surface area (Å²) in [6.07, 6.45) is 1.57. The number of sulfonamides is 1. The molecule has 0 spiro atoms. The molecule has 1 aromatic rings. The van der Waals surface area contributed by atoms with Gasteiger partial charge < -0.3 is 0 Å². The number of carbonyl (C=O) groups excluding carboxylic acids is 1. The Morgan fingerprint density at radius 1 is 1.41 bits per heavy atom. The van der Waals surface area contributed by atoms with Crippen molar-refractivity contribution < 1.29 is 13.2 Å². The minimum absolute atomic E-state index is 0.00211. The Kier molecular flexibility index (Phi) is 2.78. The number of carbonyl (C=O) groups is 1. The fraction of sp³-hybridized carbons (Fsp3) is 0.400. The molecule has 0 atom stereocenters. The number of nitrogens with zero attached hydrogens (tertiary/aromatic N) is 2. The van der Waals surface area contributed by atoms with Crippen LogP contribution in [0.4, 0.5) is 0 Å². The van der Waals surface area contributed by atoms with E-state index >= 15 is 0 Å². The second kappa shape index (κ2) is 3.78. The van der Waals surface area contributed by atoms with E-state index in [0.717, 1.165) is 8.78 Å². The average molecular weight is 319 g/mol. The van der Waals surface area contributed by atoms with Crippen molar-refractivity contribution in [3.63, 3.8) is 0 Å². The Hall–Kier alpha value is -0.950. The molecule has 0 unspecified atom stereocenters. The molecule has 2 rings (SSSR count). The van der Waals surface area contributed by atoms with Gasteiger partial charge in [-0.05, 0) is 41.9 Å². The lowest BCUT2D eigenvalue weighted by Gasteiger charge is -2.42. The molecule has 0 bridgehead atoms. The lowest BCUT2D eigenvalue weighted by Crippen LogP contribution is -2.66. The van der Waals surface area contributed by atoms with E-state index in [1.807, 2.05) is 0 Å². The number of pyridine rings is 1. The van der Waals surface area contributed by atoms with Crippen LogP contribution in [0.2, 0.25) is 0 Å². The van der Waals surface area contributed by atoms with Crippen LogP contribution in [0.3, 0.4) is 0 Å². The van der Waals surface area contributed by atoms with Crippen LogP contribution in [-0.4, -0.2) is 28.4 Å². The average Bonchev–Trinajstić information content (AvgIpc) is 2.27. The van der Waals surface area contributed by atoms with Crippen molar-refractivity contribution in [3.8, 4) is 0 Å². The molecule has 0 N–H and O–H groups in total. The second-order valence-electron chi connectivity index (χ2n) is 4.29. The van der Waals surface area contributed by atoms with Crippen molar-refractivity contribution in [2.75, 3.05) is 0 Å². The molecule has 2 heterocycles. The second-order valence-corrected chi connectivity index (χ2v) is 7.62. The molecule has 1 aliphatic heterocycles. The molecule has 0 saturated carbocycles. The first-order valence-corrected chi connectivity index (χ1v) is 7.17. The van der Waals surface area contributed by atoms with Gasteiger partial charge >= 0.3 is 0 Å². The summed E-state index contributed by atoms with van der Waals surface area (Å²) in [6.45, 7) is 2.82. The highest BCUT2D eigenvalue weighted by molar-refractivity contribution is 9.10. The minimum atomic E-state index is -3.53. The quantitative estimate of drug-likeness (QED) is 0.824. The van der Waals surface area contributed by atoms with Crippen LogP contribution >= 0.6 is 15.9 Å². The van der Waals surface area contributed by atoms with Gasteiger partial charge in [-0.25, -0.2) is 12.7 Å². The molecule has 1 saturated heterocycles. The minimum Gasteiger partial charge on any atom is -0.272 e. The van der Waals surface area contributed by atoms with Gasteiger partial charge in [-0.15, -0.1) is 0 Å². The first kappa shape index (κ1) is 12.5. The maximum atomic E-state index is 11.8. The number of hydrogen-bond donors (Lipinski definition) is 0. The predicted octanol–water partition coefficient (Wildman–Crippen LogP) is 1.29. The molecular weight excluding hydrogens is 308 g/mol. The molecule has 7 heteroatoms. The van der Waals surface area contributed by atoms with E-state index in [4.69, 9.17) is 0 Å². The van der Waals surface area contributed by atoms with Gasteiger partial charge in [0.05, 0.1) is 12.2 Å². The highest BCUT2D eigenvalue weighted by Gasteiger charge is 2.59. The summed E-state index contributed by atoms with van der Waals surface area (Å²) >= 11 is 3.23. The molecule has 0 aliphatic carbocycles. The summed E-state index contributed by atoms with van der Waals surface area (Å²) in [4.78, 5) is 15.7. The van der Waals surface area contributed by atoms with Crippen LogP contribution in [0.5, 0.6) is 0 Å². The molecule has 1 aromatic heterocycles. The first-order valence-electron chi connectivity index (χ1n) is 4.94. The maximum absolute atomic E-state index is 11.8. The van der Waals surface area contributed by atoms with Crippen molar-refractivity contribution in [2.45, 2.75) is 25.1 Å². The Balaban J connectivity index is 2.22. The van der Waals surface area contributed by atoms with Gasteiger partial charge in [-0.3, -0.25) is 9.78 Å². The van der Waals surface area contributed by atoms with Crippen molar-refractivity contribution in [2.24, 2.45) is 0 Å². The molecule has 17 heavy (non-hydrogen) atoms. The van der Waals surface area contributed by atoms with Crippen LogP contribution in [0, 0.1) is 0 Å². The summed E-state index contributed by atoms with van der Waals surface area (Å²) in [5, 5.41) is 0. The Morgan fingerprint density at radius 2 is 2.06 bits per heavy atom. The molecule has 92 valence electrons. The van der Waals surface area contributed by atoms with Crippen LogP contribution in [0.1, 0.15) is 19.5 Å². The van der Waals surface area contributed by atoms with Crippen LogP contribution < -0.4 is 0 Å². The molecule has 5 nitrogen and oxygen atoms in total. The van der Waals surface area contributed by atoms with E-state index in [-0.39, 0.29) is 12.5 Å². The monoisotopic (exact) mass is 318 g/mol. The normalized spacial score (nSPS) is 21.1. The summed E-state index contributed by atoms with van der Waals surface area (Å²) in [5.41, 5.74) is 0.542. The molecule has 0 radical (unpaired) electrons. The zero-order valence-electron chi connectivity index (χ0n) is 9.34. The molecular formula is C10H11BrN2O3S. The van der Waals surface area contributed by atoms with E-state index in [9.17, 15) is 13.2 Å². The highest BCUT2D eigenvalue weighted by atomic mass is 79.9. The van der Waals surface area contributed by atoms with Crippen molar-refractivity contribution in [3.05, 3.63) is 28.5 Å². The van der Waals surface area contributed by atoms with E-state index in [1.165, 1.54) is 13.8 Å². The van der Waals surface area contributed by atoms with Gasteiger partial charge in [0.1, 0.15) is 0 Å². The number of hydrogen-bond acceptors (Lipinski definition) is 4. The summed E-state index contributed by atoms with van der Waals surface area (Å²) < 4.78 is 24.0. The number of rotatable bonds is 2. The van der Waals surface area contributed by atoms with Crippen molar-refractivity contribution in [1.29, 1.82) is 0 Å². The first-order chi connectivity index (χ1) is 7.76. The molecule has 1 aliphatic rings. The van der Waals surface area contributed by atoms with Gasteiger partial charge in [-0.1, -0.05) is 0 Å². The van der Waals surface area contributed by atoms with E-state index in [1.54, 1.807) is 18.3 Å². The van der Waals surface area contributed by atoms with Gasteiger partial charge in [0.2, 0.25) is 0 Å². The topological polar surface area (TPSA) is 67.3 Å². The zero-order chi connectivity index (χ0) is 12.8. The van der Waals surface area contributed by atoms with Gasteiger partial charge in [0, 0.05) is 10.7 Å². The molecule has 1 fully saturated rings. The molecule has 0 aromatic carbocycles. The van der Waals surface area contributed by atoms with Gasteiger partial charge in [0.25, 0.3) is 15.9 Å². The maximum Gasteiger partial charge on any atom is 0.259 e. The van der Waals surface area contributed by atoms with Crippen molar-refractivity contribution >= 4 is 31.9 Å². The SMILES string of the molecule is CC1(C)C(=O)N(Cc2ccc(Br)cn2)S1(=O)=O. The standard InChI is InChI=1S/C10H11BrN2O3S/c1-10(2)9(14)13(17(10,15)16)6-8-4-3-7(11)5-12-8/h3-5H,6H2,1-2H3. The third kappa shape index (κ3) is 1.77. The van der Waals surface area contributed by atoms with Crippen LogP contribution in [0.25, 0.3) is 0 Å². The number of halogens is 1. The third-order valence-corrected chi connectivity index (χ3v) is 5.58. The van der Waals surface area contributed by atoms with E-state index in [2.05, 4.69) is 20.9 Å². The molecule has 1 amide bonds. The highest BCUT2D eigenvalue weighted by Crippen LogP contribution is 2.35. The lowest BCUT2D eigenvalue weighted by atomic mass is 10.2. The third-order valence-electron chi connectivity index (χ3n) is 2.77. The smallest absolute Gasteiger partial charge is 0.259 e. The Labute approximate surface area is 108 Å². The summed E-state index contributed by atoms with van der Waals surface area (Å²) in [6, 6.07) is 3.43. The van der Waals surface area contributed by atoms with E-state index in [0.29, 0.717) is 5.69 Å². The largest absolute Gasteiger partial charge is 0.272 e. The van der Waals surface area contributed by atoms with Crippen LogP contribution in [0.15, 0.2) is 22.8 Å². The van der Waals surface area contributed by atoms with Gasteiger partial charge in [-0.2, -0.15) is 0 Å². The number of aromatic nitrogens is 1. The lowest BCUT2D eigenvalue weighted by molar-refractivity contribution is -0.132. The zero-order valence-corrected chi connectivity index (χ0v) is 11.7. The fourth-order valence-electron chi connectivity index (χ4n) is 1.56. The predicted molar refractivity (Wildman–Crippen MR) is 65.5 cm³/mol. The Bertz CT molecular complexity index is 566. The summed E-state index contributed by atoms with van der Waals surface area (Å²) in [5.74, 6) is -0.387. The fourth-order valence-corrected chi connectivity index (χ4v) is 3.29. The van der Waals surface area contributed by atoms with E-state index < -0.39 is 14.8 Å². The number of amides is 1. The summed E-state index contributed by atoms with van der Waals surface area (Å²) in [7, 11) is -3.53. The van der Waals surface area contributed by atoms with Crippen LogP contribution in [-0.2, 0) is 21.4 Å².